The van der Waals surface area contributed by atoms with Crippen molar-refractivity contribution in [1.29, 1.82) is 0 Å². The largest absolute Gasteiger partial charge is 0.478 e. The monoisotopic (exact) mass is 251 g/mol. The number of carboxylic acid groups (broad SMARTS) is 1. The Morgan fingerprint density at radius 3 is 2.67 bits per heavy atom. The number of aromatic carboxylic acids is 1. The number of benzene rings is 1. The third-order valence-corrected chi connectivity index (χ3v) is 2.85. The summed E-state index contributed by atoms with van der Waals surface area (Å²) in [7, 11) is 0. The number of hydrogen-bond acceptors (Lipinski definition) is 3. The second-order valence-corrected chi connectivity index (χ2v) is 4.95. The van der Waals surface area contributed by atoms with Crippen LogP contribution in [0.25, 0.3) is 0 Å². The van der Waals surface area contributed by atoms with Gasteiger partial charge in [0, 0.05) is 12.2 Å². The van der Waals surface area contributed by atoms with Gasteiger partial charge in [0.05, 0.1) is 11.2 Å². The second-order valence-electron chi connectivity index (χ2n) is 4.95. The fourth-order valence-corrected chi connectivity index (χ4v) is 1.90. The van der Waals surface area contributed by atoms with Gasteiger partial charge in [-0.1, -0.05) is 19.4 Å². The summed E-state index contributed by atoms with van der Waals surface area (Å²) < 4.78 is 0. The first-order chi connectivity index (χ1) is 8.35. The van der Waals surface area contributed by atoms with Crippen LogP contribution in [0.3, 0.4) is 0 Å². The van der Waals surface area contributed by atoms with Crippen molar-refractivity contribution in [2.75, 3.05) is 11.9 Å². The lowest BCUT2D eigenvalue weighted by Crippen LogP contribution is -2.33. The Labute approximate surface area is 108 Å². The van der Waals surface area contributed by atoms with Crippen LogP contribution in [0.15, 0.2) is 18.2 Å². The Hall–Kier alpha value is -1.55. The van der Waals surface area contributed by atoms with Gasteiger partial charge in [-0.2, -0.15) is 0 Å². The molecule has 0 amide bonds. The van der Waals surface area contributed by atoms with Crippen LogP contribution in [0, 0.1) is 6.92 Å². The Morgan fingerprint density at radius 2 is 2.11 bits per heavy atom. The van der Waals surface area contributed by atoms with Crippen molar-refractivity contribution in [3.05, 3.63) is 29.3 Å². The summed E-state index contributed by atoms with van der Waals surface area (Å²) in [5.41, 5.74) is 0.943. The number of carbonyl (C=O) groups is 1. The number of aryl methyl sites for hydroxylation is 1. The van der Waals surface area contributed by atoms with Crippen LogP contribution in [0.1, 0.15) is 42.6 Å². The average molecular weight is 251 g/mol. The molecule has 3 N–H and O–H groups in total. The summed E-state index contributed by atoms with van der Waals surface area (Å²) in [5.74, 6) is -0.965. The second kappa shape index (κ2) is 5.87. The van der Waals surface area contributed by atoms with Crippen molar-refractivity contribution < 1.29 is 15.0 Å². The molecule has 0 saturated carbocycles. The third kappa shape index (κ3) is 4.04. The lowest BCUT2D eigenvalue weighted by molar-refractivity contribution is 0.0630. The summed E-state index contributed by atoms with van der Waals surface area (Å²) in [6.45, 7) is 6.00. The fourth-order valence-electron chi connectivity index (χ4n) is 1.90. The molecule has 4 heteroatoms. The quantitative estimate of drug-likeness (QED) is 0.727. The van der Waals surface area contributed by atoms with E-state index in [1.165, 1.54) is 0 Å². The highest BCUT2D eigenvalue weighted by Gasteiger charge is 2.20. The minimum Gasteiger partial charge on any atom is -0.478 e. The van der Waals surface area contributed by atoms with E-state index in [1.807, 2.05) is 13.8 Å². The van der Waals surface area contributed by atoms with E-state index >= 15 is 0 Å². The zero-order valence-electron chi connectivity index (χ0n) is 11.2. The van der Waals surface area contributed by atoms with Crippen LogP contribution >= 0.6 is 0 Å². The maximum atomic E-state index is 11.1. The van der Waals surface area contributed by atoms with E-state index in [2.05, 4.69) is 5.32 Å². The predicted octanol–water partition coefficient (Wildman–Crippen LogP) is 2.66. The molecular weight excluding hydrogens is 230 g/mol. The highest BCUT2D eigenvalue weighted by Crippen LogP contribution is 2.20. The van der Waals surface area contributed by atoms with Gasteiger partial charge in [0.25, 0.3) is 0 Å². The molecule has 0 aliphatic carbocycles. The first kappa shape index (κ1) is 14.5. The number of rotatable bonds is 6. The molecular formula is C14H21NO3. The van der Waals surface area contributed by atoms with Crippen LogP contribution in [-0.4, -0.2) is 28.3 Å². The lowest BCUT2D eigenvalue weighted by Gasteiger charge is -2.24. The summed E-state index contributed by atoms with van der Waals surface area (Å²) in [6, 6.07) is 5.12. The molecule has 1 rings (SSSR count). The average Bonchev–Trinajstić information content (AvgIpc) is 2.26. The van der Waals surface area contributed by atoms with Crippen molar-refractivity contribution in [2.45, 2.75) is 39.2 Å². The minimum atomic E-state index is -0.965. The van der Waals surface area contributed by atoms with Crippen molar-refractivity contribution >= 4 is 11.7 Å². The first-order valence-corrected chi connectivity index (χ1v) is 6.16. The minimum absolute atomic E-state index is 0.230. The SMILES string of the molecule is CCCC(C)(O)CNc1cc(C)ccc1C(=O)O. The highest BCUT2D eigenvalue weighted by atomic mass is 16.4. The van der Waals surface area contributed by atoms with Gasteiger partial charge in [0.2, 0.25) is 0 Å². The van der Waals surface area contributed by atoms with Crippen molar-refractivity contribution in [2.24, 2.45) is 0 Å². The molecule has 100 valence electrons. The van der Waals surface area contributed by atoms with Crippen LogP contribution in [0.5, 0.6) is 0 Å². The van der Waals surface area contributed by atoms with Gasteiger partial charge in [-0.25, -0.2) is 4.79 Å². The van der Waals surface area contributed by atoms with E-state index < -0.39 is 11.6 Å². The molecule has 0 fully saturated rings. The smallest absolute Gasteiger partial charge is 0.337 e. The van der Waals surface area contributed by atoms with Crippen molar-refractivity contribution in [3.63, 3.8) is 0 Å². The molecule has 1 aromatic rings. The molecule has 1 atom stereocenters. The summed E-state index contributed by atoms with van der Waals surface area (Å²) >= 11 is 0. The fraction of sp³-hybridized carbons (Fsp3) is 0.500. The van der Waals surface area contributed by atoms with Crippen LogP contribution in [0.2, 0.25) is 0 Å². The topological polar surface area (TPSA) is 69.6 Å². The van der Waals surface area contributed by atoms with E-state index in [1.54, 1.807) is 25.1 Å². The van der Waals surface area contributed by atoms with E-state index in [-0.39, 0.29) is 5.56 Å². The molecule has 1 unspecified atom stereocenters. The van der Waals surface area contributed by atoms with E-state index in [9.17, 15) is 9.90 Å². The summed E-state index contributed by atoms with van der Waals surface area (Å²) in [6.07, 6.45) is 1.56. The molecule has 0 radical (unpaired) electrons. The van der Waals surface area contributed by atoms with Gasteiger partial charge in [-0.15, -0.1) is 0 Å². The molecule has 0 saturated heterocycles. The van der Waals surface area contributed by atoms with Gasteiger partial charge < -0.3 is 15.5 Å². The van der Waals surface area contributed by atoms with E-state index in [4.69, 9.17) is 5.11 Å². The van der Waals surface area contributed by atoms with Gasteiger partial charge in [0.1, 0.15) is 0 Å². The first-order valence-electron chi connectivity index (χ1n) is 6.16. The molecule has 18 heavy (non-hydrogen) atoms. The predicted molar refractivity (Wildman–Crippen MR) is 72.2 cm³/mol. The highest BCUT2D eigenvalue weighted by molar-refractivity contribution is 5.94. The number of hydrogen-bond donors (Lipinski definition) is 3. The third-order valence-electron chi connectivity index (χ3n) is 2.85. The molecule has 0 aliphatic heterocycles. The molecule has 0 bridgehead atoms. The molecule has 4 nitrogen and oxygen atoms in total. The van der Waals surface area contributed by atoms with Gasteiger partial charge in [0.15, 0.2) is 0 Å². The summed E-state index contributed by atoms with van der Waals surface area (Å²) in [4.78, 5) is 11.1. The maximum absolute atomic E-state index is 11.1. The zero-order chi connectivity index (χ0) is 13.8. The van der Waals surface area contributed by atoms with E-state index in [0.717, 1.165) is 12.0 Å². The van der Waals surface area contributed by atoms with E-state index in [0.29, 0.717) is 18.7 Å². The molecule has 0 aromatic heterocycles. The zero-order valence-corrected chi connectivity index (χ0v) is 11.2. The normalized spacial score (nSPS) is 14.0. The van der Waals surface area contributed by atoms with Crippen molar-refractivity contribution in [1.82, 2.24) is 0 Å². The Bertz CT molecular complexity index is 427. The van der Waals surface area contributed by atoms with Gasteiger partial charge >= 0.3 is 5.97 Å². The molecule has 0 heterocycles. The summed E-state index contributed by atoms with van der Waals surface area (Å²) in [5, 5.41) is 22.2. The number of carboxylic acids is 1. The molecule has 0 aliphatic rings. The Morgan fingerprint density at radius 1 is 1.44 bits per heavy atom. The van der Waals surface area contributed by atoms with Gasteiger partial charge in [-0.05, 0) is 38.0 Å². The van der Waals surface area contributed by atoms with Crippen molar-refractivity contribution in [3.8, 4) is 0 Å². The van der Waals surface area contributed by atoms with Crippen LogP contribution in [-0.2, 0) is 0 Å². The Balaban J connectivity index is 2.83. The molecule has 1 aromatic carbocycles. The number of aliphatic hydroxyl groups is 1. The number of anilines is 1. The standard InChI is InChI=1S/C14H21NO3/c1-4-7-14(3,18)9-15-12-8-10(2)5-6-11(12)13(16)17/h5-6,8,15,18H,4,7,9H2,1-3H3,(H,16,17). The maximum Gasteiger partial charge on any atom is 0.337 e. The number of nitrogens with one attached hydrogen (secondary N) is 1. The molecule has 0 spiro atoms. The Kier molecular flexibility index (Phi) is 4.73. The lowest BCUT2D eigenvalue weighted by atomic mass is 10.0. The van der Waals surface area contributed by atoms with Crippen LogP contribution < -0.4 is 5.32 Å². The van der Waals surface area contributed by atoms with Crippen LogP contribution in [0.4, 0.5) is 5.69 Å². The van der Waals surface area contributed by atoms with Gasteiger partial charge in [-0.3, -0.25) is 0 Å².